The summed E-state index contributed by atoms with van der Waals surface area (Å²) >= 11 is 1.98. The number of hydrogen-bond acceptors (Lipinski definition) is 3. The monoisotopic (exact) mass is 412 g/mol. The van der Waals surface area contributed by atoms with Crippen LogP contribution in [0.3, 0.4) is 0 Å². The van der Waals surface area contributed by atoms with Crippen LogP contribution in [-0.2, 0) is 30.6 Å². The molecule has 3 aromatic carbocycles. The second-order valence-electron chi connectivity index (χ2n) is 8.35. The van der Waals surface area contributed by atoms with E-state index in [0.717, 1.165) is 18.6 Å². The van der Waals surface area contributed by atoms with Gasteiger partial charge in [-0.25, -0.2) is 0 Å². The number of aryl methyl sites for hydroxylation is 1. The third kappa shape index (κ3) is 3.36. The van der Waals surface area contributed by atoms with Crippen LogP contribution in [0, 0.1) is 0 Å². The van der Waals surface area contributed by atoms with Crippen molar-refractivity contribution in [3.63, 3.8) is 0 Å². The zero-order valence-electron chi connectivity index (χ0n) is 16.9. The molecule has 0 N–H and O–H groups in total. The van der Waals surface area contributed by atoms with Gasteiger partial charge >= 0.3 is 0 Å². The molecule has 1 atom stereocenters. The zero-order valence-corrected chi connectivity index (χ0v) is 17.7. The molecule has 30 heavy (non-hydrogen) atoms. The fourth-order valence-corrected chi connectivity index (χ4v) is 5.74. The maximum Gasteiger partial charge on any atom is 0.130 e. The molecule has 0 saturated heterocycles. The summed E-state index contributed by atoms with van der Waals surface area (Å²) in [5.74, 6) is 2.20. The van der Waals surface area contributed by atoms with Crippen LogP contribution in [0.25, 0.3) is 5.57 Å². The van der Waals surface area contributed by atoms with Gasteiger partial charge in [0.25, 0.3) is 0 Å². The van der Waals surface area contributed by atoms with Crippen molar-refractivity contribution in [3.05, 3.63) is 100 Å². The number of allylic oxidation sites excluding steroid dienone is 1. The molecule has 0 fully saturated rings. The van der Waals surface area contributed by atoms with E-state index >= 15 is 0 Å². The van der Waals surface area contributed by atoms with E-state index in [-0.39, 0.29) is 6.10 Å². The van der Waals surface area contributed by atoms with E-state index in [1.807, 2.05) is 18.0 Å². The lowest BCUT2D eigenvalue weighted by atomic mass is 9.91. The van der Waals surface area contributed by atoms with Crippen molar-refractivity contribution in [2.75, 3.05) is 5.75 Å². The first kappa shape index (κ1) is 18.3. The minimum absolute atomic E-state index is 0.111. The lowest BCUT2D eigenvalue weighted by Crippen LogP contribution is -2.16. The molecule has 0 aliphatic carbocycles. The van der Waals surface area contributed by atoms with Crippen molar-refractivity contribution in [3.8, 4) is 5.75 Å². The minimum atomic E-state index is 0.111. The standard InChI is InChI=1S/C27H24O2S/c1-2-5-22-16-29-26(15-18(22)4-1)20-7-9-25-23(13-20)14-24(17-28-25)19-8-10-27-21(12-19)6-3-11-30-27/h1-2,4-5,7-10,12-13,17,26H,3,6,11,14-16H2. The molecule has 3 heterocycles. The van der Waals surface area contributed by atoms with Crippen molar-refractivity contribution < 1.29 is 9.47 Å². The Morgan fingerprint density at radius 3 is 2.77 bits per heavy atom. The number of ether oxygens (including phenoxy) is 2. The fourth-order valence-electron chi connectivity index (χ4n) is 4.72. The lowest BCUT2D eigenvalue weighted by molar-refractivity contribution is 0.0274. The van der Waals surface area contributed by atoms with Crippen LogP contribution in [0.5, 0.6) is 5.75 Å². The van der Waals surface area contributed by atoms with E-state index in [1.54, 1.807) is 0 Å². The maximum absolute atomic E-state index is 6.20. The zero-order chi connectivity index (χ0) is 19.9. The van der Waals surface area contributed by atoms with Crippen LogP contribution in [0.15, 0.2) is 71.8 Å². The first-order valence-electron chi connectivity index (χ1n) is 10.8. The van der Waals surface area contributed by atoms with E-state index in [9.17, 15) is 0 Å². The van der Waals surface area contributed by atoms with Crippen LogP contribution in [0.4, 0.5) is 0 Å². The second-order valence-corrected chi connectivity index (χ2v) is 9.49. The number of fused-ring (bicyclic) bond motifs is 3. The molecule has 0 amide bonds. The average molecular weight is 413 g/mol. The van der Waals surface area contributed by atoms with Crippen LogP contribution in [-0.4, -0.2) is 5.75 Å². The van der Waals surface area contributed by atoms with Crippen molar-refractivity contribution in [2.45, 2.75) is 43.3 Å². The van der Waals surface area contributed by atoms with E-state index in [0.29, 0.717) is 6.61 Å². The summed E-state index contributed by atoms with van der Waals surface area (Å²) in [7, 11) is 0. The Morgan fingerprint density at radius 1 is 0.867 bits per heavy atom. The second kappa shape index (κ2) is 7.64. The van der Waals surface area contributed by atoms with E-state index < -0.39 is 0 Å². The number of hydrogen-bond donors (Lipinski definition) is 0. The Kier molecular flexibility index (Phi) is 4.66. The largest absolute Gasteiger partial charge is 0.464 e. The highest BCUT2D eigenvalue weighted by molar-refractivity contribution is 7.99. The molecule has 1 unspecified atom stereocenters. The molecule has 150 valence electrons. The Labute approximate surface area is 181 Å². The Morgan fingerprint density at radius 2 is 1.80 bits per heavy atom. The minimum Gasteiger partial charge on any atom is -0.464 e. The molecule has 2 nitrogen and oxygen atoms in total. The smallest absolute Gasteiger partial charge is 0.130 e. The van der Waals surface area contributed by atoms with Crippen LogP contribution in [0.2, 0.25) is 0 Å². The molecular weight excluding hydrogens is 388 g/mol. The van der Waals surface area contributed by atoms with Gasteiger partial charge in [-0.3, -0.25) is 0 Å². The maximum atomic E-state index is 6.20. The summed E-state index contributed by atoms with van der Waals surface area (Å²) < 4.78 is 12.2. The predicted molar refractivity (Wildman–Crippen MR) is 122 cm³/mol. The Bertz CT molecular complexity index is 1150. The van der Waals surface area contributed by atoms with E-state index in [1.165, 1.54) is 62.4 Å². The molecular formula is C27H24O2S. The van der Waals surface area contributed by atoms with Crippen molar-refractivity contribution >= 4 is 17.3 Å². The molecule has 0 saturated carbocycles. The average Bonchev–Trinajstić information content (AvgIpc) is 2.82. The molecule has 0 spiro atoms. The highest BCUT2D eigenvalue weighted by Gasteiger charge is 2.23. The summed E-state index contributed by atoms with van der Waals surface area (Å²) in [4.78, 5) is 1.44. The predicted octanol–water partition coefficient (Wildman–Crippen LogP) is 6.51. The van der Waals surface area contributed by atoms with E-state index in [2.05, 4.69) is 60.7 Å². The molecule has 3 aliphatic heterocycles. The number of rotatable bonds is 2. The van der Waals surface area contributed by atoms with Gasteiger partial charge in [-0.1, -0.05) is 42.5 Å². The van der Waals surface area contributed by atoms with Crippen molar-refractivity contribution in [2.24, 2.45) is 0 Å². The van der Waals surface area contributed by atoms with Gasteiger partial charge < -0.3 is 9.47 Å². The third-order valence-electron chi connectivity index (χ3n) is 6.41. The van der Waals surface area contributed by atoms with E-state index in [4.69, 9.17) is 9.47 Å². The molecule has 3 aromatic rings. The van der Waals surface area contributed by atoms with Crippen LogP contribution >= 0.6 is 11.8 Å². The highest BCUT2D eigenvalue weighted by atomic mass is 32.2. The number of thioether (sulfide) groups is 1. The molecule has 0 aromatic heterocycles. The molecule has 0 radical (unpaired) electrons. The summed E-state index contributed by atoms with van der Waals surface area (Å²) in [5.41, 5.74) is 9.23. The number of benzene rings is 3. The molecule has 3 heteroatoms. The highest BCUT2D eigenvalue weighted by Crippen LogP contribution is 2.38. The van der Waals surface area contributed by atoms with Gasteiger partial charge in [0.1, 0.15) is 5.75 Å². The normalized spacial score (nSPS) is 19.7. The molecule has 3 aliphatic rings. The van der Waals surface area contributed by atoms with Crippen LogP contribution < -0.4 is 4.74 Å². The SMILES string of the molecule is C1=C(c2ccc3c(c2)CCCS3)Cc2cc(C3Cc4ccccc4CO3)ccc2O1. The first-order valence-corrected chi connectivity index (χ1v) is 11.7. The van der Waals surface area contributed by atoms with Crippen LogP contribution in [0.1, 0.15) is 45.9 Å². The van der Waals surface area contributed by atoms with Crippen molar-refractivity contribution in [1.82, 2.24) is 0 Å². The molecule has 6 rings (SSSR count). The van der Waals surface area contributed by atoms with Gasteiger partial charge in [0, 0.05) is 17.7 Å². The van der Waals surface area contributed by atoms with Gasteiger partial charge in [-0.05, 0) is 75.7 Å². The first-order chi connectivity index (χ1) is 14.8. The topological polar surface area (TPSA) is 18.5 Å². The van der Waals surface area contributed by atoms with Gasteiger partial charge in [-0.2, -0.15) is 0 Å². The quantitative estimate of drug-likeness (QED) is 0.478. The summed E-state index contributed by atoms with van der Waals surface area (Å²) in [5, 5.41) is 0. The fraction of sp³-hybridized carbons (Fsp3) is 0.259. The third-order valence-corrected chi connectivity index (χ3v) is 7.61. The summed E-state index contributed by atoms with van der Waals surface area (Å²) in [6, 6.07) is 22.1. The Balaban J connectivity index is 1.26. The van der Waals surface area contributed by atoms with Gasteiger partial charge in [0.15, 0.2) is 0 Å². The summed E-state index contributed by atoms with van der Waals surface area (Å²) in [6.45, 7) is 0.687. The summed E-state index contributed by atoms with van der Waals surface area (Å²) in [6.07, 6.45) is 6.34. The van der Waals surface area contributed by atoms with Gasteiger partial charge in [0.2, 0.25) is 0 Å². The van der Waals surface area contributed by atoms with Gasteiger partial charge in [0.05, 0.1) is 19.0 Å². The van der Waals surface area contributed by atoms with Crippen molar-refractivity contribution in [1.29, 1.82) is 0 Å². The lowest BCUT2D eigenvalue weighted by Gasteiger charge is -2.27. The Hall–Kier alpha value is -2.49. The molecule has 0 bridgehead atoms. The van der Waals surface area contributed by atoms with Gasteiger partial charge in [-0.15, -0.1) is 11.8 Å².